The lowest BCUT2D eigenvalue weighted by Gasteiger charge is -2.36. The first-order chi connectivity index (χ1) is 14.3. The average molecular weight is 493 g/mol. The summed E-state index contributed by atoms with van der Waals surface area (Å²) in [6, 6.07) is 6.03. The van der Waals surface area contributed by atoms with Gasteiger partial charge in [0.1, 0.15) is 17.4 Å². The number of amidine groups is 1. The Morgan fingerprint density at radius 3 is 2.48 bits per heavy atom. The van der Waals surface area contributed by atoms with E-state index in [0.717, 1.165) is 10.0 Å². The minimum atomic E-state index is -1.06. The predicted octanol–water partition coefficient (Wildman–Crippen LogP) is 1.71. The summed E-state index contributed by atoms with van der Waals surface area (Å²) in [5.41, 5.74) is -0.839. The van der Waals surface area contributed by atoms with Crippen LogP contribution in [0.15, 0.2) is 33.7 Å². The Morgan fingerprint density at radius 2 is 1.94 bits per heavy atom. The fourth-order valence-corrected chi connectivity index (χ4v) is 4.29. The number of hydrogen-bond donors (Lipinski definition) is 3. The molecule has 0 saturated carbocycles. The van der Waals surface area contributed by atoms with Crippen molar-refractivity contribution in [3.63, 3.8) is 0 Å². The zero-order valence-electron chi connectivity index (χ0n) is 18.4. The fourth-order valence-electron chi connectivity index (χ4n) is 4.03. The highest BCUT2D eigenvalue weighted by molar-refractivity contribution is 9.10. The molecule has 31 heavy (non-hydrogen) atoms. The van der Waals surface area contributed by atoms with Gasteiger partial charge >= 0.3 is 0 Å². The standard InChI is InChI=1S/C22H29BrN4O4/c1-12(28)24-17(21(2,3)4)19(30)27-11-15(29)10-16(27)18-25-20(31)22(5,26-18)13-6-8-14(23)9-7-13/h6-9,15-17,29H,10-11H2,1-5H3,(H,24,28)(H,25,26,31)/t15-,16+,17?,22-/m1/s1. The van der Waals surface area contributed by atoms with E-state index < -0.39 is 29.1 Å². The van der Waals surface area contributed by atoms with Gasteiger partial charge in [-0.2, -0.15) is 4.99 Å². The van der Waals surface area contributed by atoms with E-state index in [9.17, 15) is 19.5 Å². The molecule has 8 nitrogen and oxygen atoms in total. The highest BCUT2D eigenvalue weighted by Gasteiger charge is 2.48. The number of aliphatic hydroxyl groups excluding tert-OH is 1. The van der Waals surface area contributed by atoms with Crippen LogP contribution in [0.25, 0.3) is 0 Å². The monoisotopic (exact) mass is 492 g/mol. The number of amides is 3. The number of nitrogens with zero attached hydrogens (tertiary/aromatic N) is 2. The summed E-state index contributed by atoms with van der Waals surface area (Å²) in [6.07, 6.45) is -0.482. The molecule has 2 aliphatic rings. The Bertz CT molecular complexity index is 924. The molecule has 1 saturated heterocycles. The number of benzene rings is 1. The van der Waals surface area contributed by atoms with Gasteiger partial charge in [0, 0.05) is 24.4 Å². The first-order valence-corrected chi connectivity index (χ1v) is 11.0. The molecular weight excluding hydrogens is 464 g/mol. The van der Waals surface area contributed by atoms with Gasteiger partial charge in [-0.1, -0.05) is 48.8 Å². The molecule has 3 N–H and O–H groups in total. The number of halogens is 1. The molecule has 1 aromatic rings. The van der Waals surface area contributed by atoms with Crippen LogP contribution in [0.4, 0.5) is 0 Å². The smallest absolute Gasteiger partial charge is 0.277 e. The highest BCUT2D eigenvalue weighted by Crippen LogP contribution is 2.32. The van der Waals surface area contributed by atoms with Gasteiger partial charge < -0.3 is 20.6 Å². The molecule has 0 aliphatic carbocycles. The fraction of sp³-hybridized carbons (Fsp3) is 0.545. The Hall–Kier alpha value is -2.26. The van der Waals surface area contributed by atoms with Crippen LogP contribution in [0.5, 0.6) is 0 Å². The normalized spacial score (nSPS) is 27.0. The van der Waals surface area contributed by atoms with E-state index in [2.05, 4.69) is 31.6 Å². The molecule has 3 rings (SSSR count). The van der Waals surface area contributed by atoms with Gasteiger partial charge in [-0.05, 0) is 30.0 Å². The van der Waals surface area contributed by atoms with Crippen molar-refractivity contribution in [3.8, 4) is 0 Å². The van der Waals surface area contributed by atoms with Crippen LogP contribution in [-0.2, 0) is 19.9 Å². The first-order valence-electron chi connectivity index (χ1n) is 10.3. The SMILES string of the molecule is CC(=O)NC(C(=O)N1C[C@H](O)C[C@H]1C1=NC(=O)[C@@](C)(c2ccc(Br)cc2)N1)C(C)(C)C. The molecule has 1 fully saturated rings. The first kappa shape index (κ1) is 23.4. The Labute approximate surface area is 190 Å². The number of aliphatic imine (C=N–C) groups is 1. The summed E-state index contributed by atoms with van der Waals surface area (Å²) >= 11 is 3.39. The van der Waals surface area contributed by atoms with E-state index in [1.165, 1.54) is 11.8 Å². The molecule has 0 radical (unpaired) electrons. The molecule has 9 heteroatoms. The Kier molecular flexibility index (Phi) is 6.30. The van der Waals surface area contributed by atoms with Gasteiger partial charge in [0.15, 0.2) is 0 Å². The summed E-state index contributed by atoms with van der Waals surface area (Å²) in [4.78, 5) is 43.7. The lowest BCUT2D eigenvalue weighted by molar-refractivity contribution is -0.139. The average Bonchev–Trinajstić information content (AvgIpc) is 3.19. The third-order valence-corrected chi connectivity index (χ3v) is 6.32. The Balaban J connectivity index is 1.88. The van der Waals surface area contributed by atoms with Gasteiger partial charge in [-0.25, -0.2) is 0 Å². The molecule has 0 bridgehead atoms. The molecule has 0 spiro atoms. The second-order valence-corrected chi connectivity index (χ2v) is 10.4. The lowest BCUT2D eigenvalue weighted by Crippen LogP contribution is -2.58. The topological polar surface area (TPSA) is 111 Å². The minimum absolute atomic E-state index is 0.111. The van der Waals surface area contributed by atoms with Crippen molar-refractivity contribution in [1.82, 2.24) is 15.5 Å². The van der Waals surface area contributed by atoms with E-state index in [-0.39, 0.29) is 30.7 Å². The summed E-state index contributed by atoms with van der Waals surface area (Å²) in [5, 5.41) is 16.3. The molecule has 2 heterocycles. The number of carbonyl (C=O) groups excluding carboxylic acids is 3. The lowest BCUT2D eigenvalue weighted by atomic mass is 9.85. The van der Waals surface area contributed by atoms with E-state index in [1.807, 2.05) is 45.0 Å². The van der Waals surface area contributed by atoms with Crippen LogP contribution >= 0.6 is 15.9 Å². The Morgan fingerprint density at radius 1 is 1.32 bits per heavy atom. The predicted molar refractivity (Wildman–Crippen MR) is 120 cm³/mol. The molecule has 3 amide bonds. The maximum Gasteiger partial charge on any atom is 0.277 e. The van der Waals surface area contributed by atoms with Gasteiger partial charge in [-0.15, -0.1) is 0 Å². The van der Waals surface area contributed by atoms with Gasteiger partial charge in [0.05, 0.1) is 12.1 Å². The summed E-state index contributed by atoms with van der Waals surface area (Å²) < 4.78 is 0.897. The van der Waals surface area contributed by atoms with Crippen molar-refractivity contribution < 1.29 is 19.5 Å². The number of β-amino-alcohol motifs (C(OH)–C–C–N with tert-alkyl or cyclic N) is 1. The van der Waals surface area contributed by atoms with E-state index >= 15 is 0 Å². The number of rotatable bonds is 4. The number of likely N-dealkylation sites (tertiary alicyclic amines) is 1. The zero-order valence-corrected chi connectivity index (χ0v) is 20.0. The molecule has 0 aromatic heterocycles. The van der Waals surface area contributed by atoms with E-state index in [0.29, 0.717) is 5.84 Å². The maximum atomic E-state index is 13.4. The number of hydrogen-bond acceptors (Lipinski definition) is 5. The van der Waals surface area contributed by atoms with Crippen molar-refractivity contribution in [1.29, 1.82) is 0 Å². The molecule has 4 atom stereocenters. The molecule has 168 valence electrons. The largest absolute Gasteiger partial charge is 0.391 e. The molecule has 2 aliphatic heterocycles. The van der Waals surface area contributed by atoms with Gasteiger partial charge in [-0.3, -0.25) is 14.4 Å². The number of nitrogens with one attached hydrogen (secondary N) is 2. The van der Waals surface area contributed by atoms with Gasteiger partial charge in [0.2, 0.25) is 11.8 Å². The number of aliphatic hydroxyl groups is 1. The van der Waals surface area contributed by atoms with Crippen molar-refractivity contribution >= 4 is 39.5 Å². The molecular formula is C22H29BrN4O4. The second-order valence-electron chi connectivity index (χ2n) is 9.45. The molecule has 1 unspecified atom stereocenters. The third kappa shape index (κ3) is 4.67. The van der Waals surface area contributed by atoms with Crippen LogP contribution in [0, 0.1) is 5.41 Å². The van der Waals surface area contributed by atoms with Crippen molar-refractivity contribution in [2.45, 2.75) is 64.8 Å². The second kappa shape index (κ2) is 8.35. The molecule has 1 aromatic carbocycles. The van der Waals surface area contributed by atoms with E-state index in [4.69, 9.17) is 0 Å². The highest BCUT2D eigenvalue weighted by atomic mass is 79.9. The van der Waals surface area contributed by atoms with Crippen LogP contribution in [0.1, 0.15) is 46.6 Å². The quantitative estimate of drug-likeness (QED) is 0.592. The van der Waals surface area contributed by atoms with E-state index in [1.54, 1.807) is 6.92 Å². The van der Waals surface area contributed by atoms with Crippen molar-refractivity contribution in [3.05, 3.63) is 34.3 Å². The minimum Gasteiger partial charge on any atom is -0.391 e. The number of carbonyl (C=O) groups is 3. The third-order valence-electron chi connectivity index (χ3n) is 5.79. The summed E-state index contributed by atoms with van der Waals surface area (Å²) in [6.45, 7) is 8.83. The van der Waals surface area contributed by atoms with Crippen molar-refractivity contribution in [2.75, 3.05) is 6.54 Å². The zero-order chi connectivity index (χ0) is 23.1. The summed E-state index contributed by atoms with van der Waals surface area (Å²) in [7, 11) is 0. The van der Waals surface area contributed by atoms with Crippen LogP contribution in [0.2, 0.25) is 0 Å². The maximum absolute atomic E-state index is 13.4. The van der Waals surface area contributed by atoms with Crippen LogP contribution in [-0.4, -0.2) is 58.3 Å². The van der Waals surface area contributed by atoms with Crippen LogP contribution in [0.3, 0.4) is 0 Å². The summed E-state index contributed by atoms with van der Waals surface area (Å²) in [5.74, 6) is -0.610. The van der Waals surface area contributed by atoms with Crippen molar-refractivity contribution in [2.24, 2.45) is 10.4 Å². The van der Waals surface area contributed by atoms with Gasteiger partial charge in [0.25, 0.3) is 5.91 Å². The van der Waals surface area contributed by atoms with Crippen LogP contribution < -0.4 is 10.6 Å².